The Labute approximate surface area is 164 Å². The zero-order valence-electron chi connectivity index (χ0n) is 15.4. The molecule has 0 aliphatic rings. The summed E-state index contributed by atoms with van der Waals surface area (Å²) in [5.41, 5.74) is 0.155. The molecule has 0 fully saturated rings. The van der Waals surface area contributed by atoms with Crippen LogP contribution in [0.1, 0.15) is 20.7 Å². The van der Waals surface area contributed by atoms with Gasteiger partial charge in [-0.3, -0.25) is 14.9 Å². The van der Waals surface area contributed by atoms with E-state index < -0.39 is 31.0 Å². The summed E-state index contributed by atoms with van der Waals surface area (Å²) < 4.78 is 43.4. The second-order valence-corrected chi connectivity index (χ2v) is 5.43. The quantitative estimate of drug-likeness (QED) is 0.669. The first-order valence-electron chi connectivity index (χ1n) is 8.12. The van der Waals surface area contributed by atoms with Gasteiger partial charge in [-0.15, -0.1) is 0 Å². The lowest BCUT2D eigenvalue weighted by Gasteiger charge is -2.10. The molecule has 0 saturated heterocycles. The number of hydrogen-bond acceptors (Lipinski definition) is 7. The number of carbonyl (C=O) groups is 3. The minimum atomic E-state index is -2.99. The fraction of sp³-hybridized carbons (Fsp3) is 0.211. The summed E-state index contributed by atoms with van der Waals surface area (Å²) in [5, 5.41) is 2.02. The maximum Gasteiger partial charge on any atom is 0.387 e. The Kier molecular flexibility index (Phi) is 7.47. The summed E-state index contributed by atoms with van der Waals surface area (Å²) >= 11 is 0. The molecule has 154 valence electrons. The van der Waals surface area contributed by atoms with Crippen molar-refractivity contribution in [3.05, 3.63) is 53.6 Å². The number of halogens is 2. The third-order valence-electron chi connectivity index (χ3n) is 3.55. The van der Waals surface area contributed by atoms with Gasteiger partial charge in [0, 0.05) is 5.56 Å². The number of nitrogens with one attached hydrogen (secondary N) is 1. The molecule has 2 aromatic rings. The molecule has 8 nitrogen and oxygen atoms in total. The van der Waals surface area contributed by atoms with Crippen LogP contribution in [-0.2, 0) is 9.53 Å². The van der Waals surface area contributed by atoms with Gasteiger partial charge in [-0.2, -0.15) is 8.78 Å². The van der Waals surface area contributed by atoms with Crippen LogP contribution in [0.5, 0.6) is 17.2 Å². The number of amides is 2. The van der Waals surface area contributed by atoms with Crippen LogP contribution >= 0.6 is 0 Å². The van der Waals surface area contributed by atoms with E-state index >= 15 is 0 Å². The Hall–Kier alpha value is -3.69. The zero-order chi connectivity index (χ0) is 21.4. The molecule has 0 heterocycles. The molecule has 2 amide bonds. The van der Waals surface area contributed by atoms with E-state index in [-0.39, 0.29) is 16.9 Å². The van der Waals surface area contributed by atoms with Gasteiger partial charge in [0.1, 0.15) is 5.75 Å². The van der Waals surface area contributed by atoms with Crippen molar-refractivity contribution in [1.29, 1.82) is 0 Å². The predicted octanol–water partition coefficient (Wildman–Crippen LogP) is 2.42. The Morgan fingerprint density at radius 1 is 0.931 bits per heavy atom. The molecule has 2 rings (SSSR count). The molecule has 0 radical (unpaired) electrons. The summed E-state index contributed by atoms with van der Waals surface area (Å²) in [7, 11) is 2.84. The first-order valence-corrected chi connectivity index (χ1v) is 8.12. The molecule has 0 spiro atoms. The van der Waals surface area contributed by atoms with E-state index in [1.165, 1.54) is 44.6 Å². The topological polar surface area (TPSA) is 100 Å². The summed E-state index contributed by atoms with van der Waals surface area (Å²) in [6.07, 6.45) is 0. The van der Waals surface area contributed by atoms with Crippen molar-refractivity contribution >= 4 is 17.8 Å². The predicted molar refractivity (Wildman–Crippen MR) is 95.4 cm³/mol. The van der Waals surface area contributed by atoms with Crippen molar-refractivity contribution in [1.82, 2.24) is 5.32 Å². The number of alkyl halides is 2. The van der Waals surface area contributed by atoms with E-state index in [0.717, 1.165) is 12.1 Å². The van der Waals surface area contributed by atoms with Crippen LogP contribution in [-0.4, -0.2) is 45.2 Å². The van der Waals surface area contributed by atoms with Gasteiger partial charge in [-0.05, 0) is 42.5 Å². The minimum Gasteiger partial charge on any atom is -0.493 e. The van der Waals surface area contributed by atoms with Crippen molar-refractivity contribution in [2.45, 2.75) is 6.61 Å². The number of ether oxygens (including phenoxy) is 4. The van der Waals surface area contributed by atoms with Crippen molar-refractivity contribution in [3.8, 4) is 17.2 Å². The molecule has 2 aromatic carbocycles. The van der Waals surface area contributed by atoms with Crippen LogP contribution in [0.4, 0.5) is 8.78 Å². The van der Waals surface area contributed by atoms with Gasteiger partial charge in [0.2, 0.25) is 0 Å². The average molecular weight is 409 g/mol. The molecule has 10 heteroatoms. The van der Waals surface area contributed by atoms with E-state index in [9.17, 15) is 23.2 Å². The summed E-state index contributed by atoms with van der Waals surface area (Å²) in [6.45, 7) is -3.69. The number of imide groups is 1. The van der Waals surface area contributed by atoms with Gasteiger partial charge in [0.05, 0.1) is 19.8 Å². The van der Waals surface area contributed by atoms with Crippen molar-refractivity contribution in [3.63, 3.8) is 0 Å². The van der Waals surface area contributed by atoms with E-state index in [2.05, 4.69) is 4.74 Å². The SMILES string of the molecule is COc1ccc(C(=O)OCC(=O)NC(=O)c2ccc(OC(F)F)cc2)cc1OC. The number of methoxy groups -OCH3 is 2. The number of hydrogen-bond donors (Lipinski definition) is 1. The lowest BCUT2D eigenvalue weighted by molar-refractivity contribution is -0.123. The Morgan fingerprint density at radius 2 is 1.55 bits per heavy atom. The second kappa shape index (κ2) is 10.0. The van der Waals surface area contributed by atoms with E-state index in [0.29, 0.717) is 11.5 Å². The van der Waals surface area contributed by atoms with Crippen molar-refractivity contribution in [2.75, 3.05) is 20.8 Å². The average Bonchev–Trinajstić information content (AvgIpc) is 2.71. The molecule has 0 aromatic heterocycles. The number of rotatable bonds is 8. The third-order valence-corrected chi connectivity index (χ3v) is 3.55. The second-order valence-electron chi connectivity index (χ2n) is 5.43. The van der Waals surface area contributed by atoms with Crippen LogP contribution < -0.4 is 19.5 Å². The molecule has 0 bridgehead atoms. The summed E-state index contributed by atoms with van der Waals surface area (Å²) in [6, 6.07) is 9.03. The third kappa shape index (κ3) is 6.16. The fourth-order valence-corrected chi connectivity index (χ4v) is 2.20. The largest absolute Gasteiger partial charge is 0.493 e. The summed E-state index contributed by atoms with van der Waals surface area (Å²) in [5.74, 6) is -1.87. The first kappa shape index (κ1) is 21.6. The highest BCUT2D eigenvalue weighted by molar-refractivity contribution is 6.05. The van der Waals surface area contributed by atoms with Crippen molar-refractivity contribution in [2.24, 2.45) is 0 Å². The molecule has 0 unspecified atom stereocenters. The van der Waals surface area contributed by atoms with E-state index in [1.807, 2.05) is 5.32 Å². The van der Waals surface area contributed by atoms with Gasteiger partial charge in [-0.1, -0.05) is 0 Å². The van der Waals surface area contributed by atoms with Crippen LogP contribution in [0.15, 0.2) is 42.5 Å². The Balaban J connectivity index is 1.89. The number of carbonyl (C=O) groups excluding carboxylic acids is 3. The summed E-state index contributed by atoms with van der Waals surface area (Å²) in [4.78, 5) is 35.8. The van der Waals surface area contributed by atoms with Crippen LogP contribution in [0.25, 0.3) is 0 Å². The highest BCUT2D eigenvalue weighted by atomic mass is 19.3. The molecule has 0 aliphatic heterocycles. The van der Waals surface area contributed by atoms with Crippen LogP contribution in [0.2, 0.25) is 0 Å². The molecule has 29 heavy (non-hydrogen) atoms. The fourth-order valence-electron chi connectivity index (χ4n) is 2.20. The van der Waals surface area contributed by atoms with Crippen molar-refractivity contribution < 1.29 is 42.1 Å². The van der Waals surface area contributed by atoms with E-state index in [4.69, 9.17) is 14.2 Å². The van der Waals surface area contributed by atoms with Gasteiger partial charge in [-0.25, -0.2) is 4.79 Å². The number of esters is 1. The molecular weight excluding hydrogens is 392 g/mol. The molecule has 0 atom stereocenters. The molecular formula is C19H17F2NO7. The minimum absolute atomic E-state index is 0.0335. The monoisotopic (exact) mass is 409 g/mol. The van der Waals surface area contributed by atoms with Gasteiger partial charge >= 0.3 is 12.6 Å². The van der Waals surface area contributed by atoms with Crippen LogP contribution in [0.3, 0.4) is 0 Å². The zero-order valence-corrected chi connectivity index (χ0v) is 15.4. The lowest BCUT2D eigenvalue weighted by atomic mass is 10.2. The number of benzene rings is 2. The van der Waals surface area contributed by atoms with Gasteiger partial charge in [0.25, 0.3) is 11.8 Å². The smallest absolute Gasteiger partial charge is 0.387 e. The molecule has 0 saturated carbocycles. The lowest BCUT2D eigenvalue weighted by Crippen LogP contribution is -2.34. The highest BCUT2D eigenvalue weighted by Crippen LogP contribution is 2.27. The van der Waals surface area contributed by atoms with Crippen LogP contribution in [0, 0.1) is 0 Å². The molecule has 0 aliphatic carbocycles. The van der Waals surface area contributed by atoms with Gasteiger partial charge in [0.15, 0.2) is 18.1 Å². The Bertz CT molecular complexity index is 885. The highest BCUT2D eigenvalue weighted by Gasteiger charge is 2.16. The standard InChI is InChI=1S/C19H17F2NO7/c1-26-14-8-5-12(9-15(14)27-2)18(25)28-10-16(23)22-17(24)11-3-6-13(7-4-11)29-19(20)21/h3-9,19H,10H2,1-2H3,(H,22,23,24). The Morgan fingerprint density at radius 3 is 2.14 bits per heavy atom. The maximum absolute atomic E-state index is 12.1. The van der Waals surface area contributed by atoms with E-state index in [1.54, 1.807) is 0 Å². The maximum atomic E-state index is 12.1. The normalized spacial score (nSPS) is 10.2. The molecule has 1 N–H and O–H groups in total. The van der Waals surface area contributed by atoms with Gasteiger partial charge < -0.3 is 18.9 Å². The first-order chi connectivity index (χ1) is 13.8.